The number of rotatable bonds is 8. The van der Waals surface area contributed by atoms with Crippen molar-refractivity contribution in [3.8, 4) is 5.75 Å². The van der Waals surface area contributed by atoms with E-state index in [4.69, 9.17) is 4.74 Å². The van der Waals surface area contributed by atoms with E-state index in [1.165, 1.54) is 19.1 Å². The van der Waals surface area contributed by atoms with Gasteiger partial charge in [0.05, 0.1) is 11.5 Å². The van der Waals surface area contributed by atoms with Crippen molar-refractivity contribution in [1.82, 2.24) is 4.72 Å². The fourth-order valence-electron chi connectivity index (χ4n) is 2.21. The molecular formula is C18H21NO4S. The summed E-state index contributed by atoms with van der Waals surface area (Å²) in [5.74, 6) is 0.629. The first kappa shape index (κ1) is 18.2. The summed E-state index contributed by atoms with van der Waals surface area (Å²) >= 11 is 0. The second-order valence-corrected chi connectivity index (χ2v) is 7.08. The molecule has 24 heavy (non-hydrogen) atoms. The number of carbonyl (C=O) groups is 1. The number of ketones is 1. The number of ether oxygens (including phenoxy) is 1. The van der Waals surface area contributed by atoms with E-state index in [2.05, 4.69) is 4.72 Å². The highest BCUT2D eigenvalue weighted by molar-refractivity contribution is 7.89. The summed E-state index contributed by atoms with van der Waals surface area (Å²) in [5, 5.41) is 0. The summed E-state index contributed by atoms with van der Waals surface area (Å²) in [6.07, 6.45) is 0.567. The Morgan fingerprint density at radius 1 is 1.12 bits per heavy atom. The minimum Gasteiger partial charge on any atom is -0.494 e. The standard InChI is InChI=1S/C18H21NO4S/c1-3-23-17-9-7-15(8-10-17)11-12-19-24(21,22)18-6-4-5-16(13-18)14(2)20/h4-10,13,19H,3,11-12H2,1-2H3. The zero-order valence-corrected chi connectivity index (χ0v) is 14.6. The van der Waals surface area contributed by atoms with Crippen LogP contribution in [-0.2, 0) is 16.4 Å². The Morgan fingerprint density at radius 3 is 2.46 bits per heavy atom. The second-order valence-electron chi connectivity index (χ2n) is 5.31. The molecule has 0 fully saturated rings. The largest absolute Gasteiger partial charge is 0.494 e. The van der Waals surface area contributed by atoms with Gasteiger partial charge in [-0.05, 0) is 50.1 Å². The van der Waals surface area contributed by atoms with Gasteiger partial charge >= 0.3 is 0 Å². The van der Waals surface area contributed by atoms with Gasteiger partial charge in [-0.3, -0.25) is 4.79 Å². The summed E-state index contributed by atoms with van der Waals surface area (Å²) in [5.41, 5.74) is 1.39. The molecule has 2 aromatic rings. The van der Waals surface area contributed by atoms with Crippen molar-refractivity contribution in [3.05, 3.63) is 59.7 Å². The third-order valence-corrected chi connectivity index (χ3v) is 4.95. The molecule has 5 nitrogen and oxygen atoms in total. The maximum atomic E-state index is 12.3. The zero-order valence-electron chi connectivity index (χ0n) is 13.8. The predicted molar refractivity (Wildman–Crippen MR) is 93.0 cm³/mol. The Bertz CT molecular complexity index is 798. The molecule has 0 radical (unpaired) electrons. The fraction of sp³-hybridized carbons (Fsp3) is 0.278. The Balaban J connectivity index is 1.97. The van der Waals surface area contributed by atoms with Crippen LogP contribution in [0.4, 0.5) is 0 Å². The van der Waals surface area contributed by atoms with Gasteiger partial charge in [-0.1, -0.05) is 24.3 Å². The van der Waals surface area contributed by atoms with Crippen LogP contribution >= 0.6 is 0 Å². The average molecular weight is 347 g/mol. The number of benzene rings is 2. The van der Waals surface area contributed by atoms with E-state index in [1.54, 1.807) is 12.1 Å². The van der Waals surface area contributed by atoms with Crippen LogP contribution in [0.15, 0.2) is 53.4 Å². The first-order valence-electron chi connectivity index (χ1n) is 7.75. The van der Waals surface area contributed by atoms with Crippen LogP contribution in [0.3, 0.4) is 0 Å². The summed E-state index contributed by atoms with van der Waals surface area (Å²) < 4.78 is 32.5. The van der Waals surface area contributed by atoms with Crippen molar-refractivity contribution in [2.75, 3.05) is 13.2 Å². The highest BCUT2D eigenvalue weighted by atomic mass is 32.2. The molecule has 0 aliphatic heterocycles. The number of sulfonamides is 1. The van der Waals surface area contributed by atoms with Crippen LogP contribution < -0.4 is 9.46 Å². The number of carbonyl (C=O) groups excluding carboxylic acids is 1. The van der Waals surface area contributed by atoms with E-state index in [0.717, 1.165) is 11.3 Å². The molecule has 6 heteroatoms. The number of hydrogen-bond donors (Lipinski definition) is 1. The molecule has 1 N–H and O–H groups in total. The molecule has 0 aliphatic rings. The third kappa shape index (κ3) is 4.91. The Kier molecular flexibility index (Phi) is 6.11. The predicted octanol–water partition coefficient (Wildman–Crippen LogP) is 2.81. The van der Waals surface area contributed by atoms with Gasteiger partial charge in [0, 0.05) is 12.1 Å². The van der Waals surface area contributed by atoms with Crippen molar-refractivity contribution in [2.24, 2.45) is 0 Å². The smallest absolute Gasteiger partial charge is 0.240 e. The van der Waals surface area contributed by atoms with E-state index in [1.807, 2.05) is 31.2 Å². The molecule has 0 unspecified atom stereocenters. The third-order valence-electron chi connectivity index (χ3n) is 3.49. The van der Waals surface area contributed by atoms with E-state index in [-0.39, 0.29) is 17.2 Å². The van der Waals surface area contributed by atoms with Crippen LogP contribution in [0.25, 0.3) is 0 Å². The highest BCUT2D eigenvalue weighted by Gasteiger charge is 2.14. The zero-order chi connectivity index (χ0) is 17.6. The van der Waals surface area contributed by atoms with Crippen LogP contribution in [0.2, 0.25) is 0 Å². The SMILES string of the molecule is CCOc1ccc(CCNS(=O)(=O)c2cccc(C(C)=O)c2)cc1. The van der Waals surface area contributed by atoms with E-state index >= 15 is 0 Å². The molecule has 0 spiro atoms. The van der Waals surface area contributed by atoms with Gasteiger partial charge in [-0.15, -0.1) is 0 Å². The second kappa shape index (κ2) is 8.08. The van der Waals surface area contributed by atoms with Gasteiger partial charge in [0.1, 0.15) is 5.75 Å². The topological polar surface area (TPSA) is 72.5 Å². The Morgan fingerprint density at radius 2 is 1.83 bits per heavy atom. The molecular weight excluding hydrogens is 326 g/mol. The lowest BCUT2D eigenvalue weighted by Crippen LogP contribution is -2.26. The molecule has 0 atom stereocenters. The fourth-order valence-corrected chi connectivity index (χ4v) is 3.29. The summed E-state index contributed by atoms with van der Waals surface area (Å²) in [6.45, 7) is 4.22. The molecule has 0 aromatic heterocycles. The van der Waals surface area contributed by atoms with Crippen molar-refractivity contribution in [3.63, 3.8) is 0 Å². The quantitative estimate of drug-likeness (QED) is 0.745. The van der Waals surface area contributed by atoms with Gasteiger partial charge in [0.15, 0.2) is 5.78 Å². The van der Waals surface area contributed by atoms with Gasteiger partial charge in [0.2, 0.25) is 10.0 Å². The van der Waals surface area contributed by atoms with E-state index < -0.39 is 10.0 Å². The summed E-state index contributed by atoms with van der Waals surface area (Å²) in [7, 11) is -3.63. The van der Waals surface area contributed by atoms with Crippen LogP contribution in [0, 0.1) is 0 Å². The van der Waals surface area contributed by atoms with Crippen molar-refractivity contribution >= 4 is 15.8 Å². The first-order chi connectivity index (χ1) is 11.4. The van der Waals surface area contributed by atoms with E-state index in [9.17, 15) is 13.2 Å². The lowest BCUT2D eigenvalue weighted by molar-refractivity contribution is 0.101. The molecule has 0 amide bonds. The summed E-state index contributed by atoms with van der Waals surface area (Å²) in [6, 6.07) is 13.6. The average Bonchev–Trinajstić information content (AvgIpc) is 2.57. The number of Topliss-reactive ketones (excluding diaryl/α,β-unsaturated/α-hetero) is 1. The van der Waals surface area contributed by atoms with Crippen LogP contribution in [-0.4, -0.2) is 27.4 Å². The monoisotopic (exact) mass is 347 g/mol. The summed E-state index contributed by atoms with van der Waals surface area (Å²) in [4.78, 5) is 11.5. The van der Waals surface area contributed by atoms with Gasteiger partial charge < -0.3 is 4.74 Å². The van der Waals surface area contributed by atoms with Crippen molar-refractivity contribution in [1.29, 1.82) is 0 Å². The lowest BCUT2D eigenvalue weighted by Gasteiger charge is -2.08. The van der Waals surface area contributed by atoms with Crippen LogP contribution in [0.1, 0.15) is 29.8 Å². The number of nitrogens with one attached hydrogen (secondary N) is 1. The molecule has 0 aliphatic carbocycles. The molecule has 2 rings (SSSR count). The molecule has 128 valence electrons. The minimum atomic E-state index is -3.63. The van der Waals surface area contributed by atoms with E-state index in [0.29, 0.717) is 18.6 Å². The van der Waals surface area contributed by atoms with Crippen LogP contribution in [0.5, 0.6) is 5.75 Å². The maximum absolute atomic E-state index is 12.3. The first-order valence-corrected chi connectivity index (χ1v) is 9.23. The Labute approximate surface area is 142 Å². The molecule has 0 heterocycles. The lowest BCUT2D eigenvalue weighted by atomic mass is 10.1. The molecule has 0 saturated heterocycles. The van der Waals surface area contributed by atoms with Gasteiger partial charge in [-0.2, -0.15) is 0 Å². The molecule has 0 bridgehead atoms. The van der Waals surface area contributed by atoms with Gasteiger partial charge in [0.25, 0.3) is 0 Å². The maximum Gasteiger partial charge on any atom is 0.240 e. The van der Waals surface area contributed by atoms with Crippen molar-refractivity contribution in [2.45, 2.75) is 25.2 Å². The minimum absolute atomic E-state index is 0.0990. The molecule has 0 saturated carbocycles. The Hall–Kier alpha value is -2.18. The normalized spacial score (nSPS) is 11.2. The number of hydrogen-bond acceptors (Lipinski definition) is 4. The highest BCUT2D eigenvalue weighted by Crippen LogP contribution is 2.14. The molecule has 2 aromatic carbocycles. The van der Waals surface area contributed by atoms with Crippen molar-refractivity contribution < 1.29 is 17.9 Å². The van der Waals surface area contributed by atoms with Gasteiger partial charge in [-0.25, -0.2) is 13.1 Å².